The van der Waals surface area contributed by atoms with Crippen LogP contribution >= 0.6 is 11.8 Å². The highest BCUT2D eigenvalue weighted by Crippen LogP contribution is 2.24. The molecule has 0 bridgehead atoms. The Morgan fingerprint density at radius 2 is 2.00 bits per heavy atom. The first-order valence-electron chi connectivity index (χ1n) is 10.9. The van der Waals surface area contributed by atoms with Crippen molar-refractivity contribution in [2.75, 3.05) is 17.3 Å². The van der Waals surface area contributed by atoms with Gasteiger partial charge >= 0.3 is 0 Å². The number of amides is 1. The summed E-state index contributed by atoms with van der Waals surface area (Å²) < 4.78 is 31.4. The van der Waals surface area contributed by atoms with Crippen LogP contribution in [0.4, 0.5) is 0 Å². The van der Waals surface area contributed by atoms with Crippen LogP contribution in [0.15, 0.2) is 29.4 Å². The van der Waals surface area contributed by atoms with Crippen LogP contribution in [0.1, 0.15) is 45.5 Å². The Balaban J connectivity index is 1.62. The van der Waals surface area contributed by atoms with E-state index in [1.807, 2.05) is 28.8 Å². The molecule has 1 aliphatic heterocycles. The van der Waals surface area contributed by atoms with Gasteiger partial charge in [-0.05, 0) is 43.4 Å². The van der Waals surface area contributed by atoms with Gasteiger partial charge in [0.15, 0.2) is 20.8 Å². The predicted molar refractivity (Wildman–Crippen MR) is 126 cm³/mol. The zero-order valence-corrected chi connectivity index (χ0v) is 20.8. The summed E-state index contributed by atoms with van der Waals surface area (Å²) in [5, 5.41) is 12.1. The number of nitrogens with zero attached hydrogens (tertiary/aromatic N) is 3. The number of nitrogens with one attached hydrogen (secondary N) is 1. The van der Waals surface area contributed by atoms with E-state index in [4.69, 9.17) is 4.74 Å². The summed E-state index contributed by atoms with van der Waals surface area (Å²) in [6, 6.07) is 7.99. The van der Waals surface area contributed by atoms with E-state index in [-0.39, 0.29) is 29.8 Å². The van der Waals surface area contributed by atoms with Gasteiger partial charge in [0.25, 0.3) is 0 Å². The highest BCUT2D eigenvalue weighted by molar-refractivity contribution is 7.99. The Hall–Kier alpha value is -2.07. The van der Waals surface area contributed by atoms with Gasteiger partial charge in [0.1, 0.15) is 12.4 Å². The Morgan fingerprint density at radius 1 is 1.28 bits per heavy atom. The lowest BCUT2D eigenvalue weighted by atomic mass is 10.0. The van der Waals surface area contributed by atoms with E-state index in [2.05, 4.69) is 36.3 Å². The summed E-state index contributed by atoms with van der Waals surface area (Å²) in [5.74, 6) is 1.88. The topological polar surface area (TPSA) is 103 Å². The van der Waals surface area contributed by atoms with Crippen LogP contribution in [0.2, 0.25) is 0 Å². The van der Waals surface area contributed by atoms with Crippen LogP contribution in [0, 0.1) is 5.92 Å². The zero-order chi connectivity index (χ0) is 23.4. The molecule has 1 amide bonds. The lowest BCUT2D eigenvalue weighted by molar-refractivity contribution is -0.120. The number of benzene rings is 1. The molecule has 1 saturated heterocycles. The summed E-state index contributed by atoms with van der Waals surface area (Å²) in [7, 11) is -3.08. The highest BCUT2D eigenvalue weighted by atomic mass is 32.2. The molecular formula is C22H32N4O4S2. The summed E-state index contributed by atoms with van der Waals surface area (Å²) in [5.41, 5.74) is 0.551. The molecule has 176 valence electrons. The number of aromatic nitrogens is 3. The van der Waals surface area contributed by atoms with Crippen molar-refractivity contribution in [2.45, 2.75) is 64.4 Å². The van der Waals surface area contributed by atoms with Crippen LogP contribution in [0.3, 0.4) is 0 Å². The number of carbonyl (C=O) groups is 1. The van der Waals surface area contributed by atoms with Crippen LogP contribution in [-0.4, -0.2) is 51.9 Å². The van der Waals surface area contributed by atoms with Crippen molar-refractivity contribution in [3.8, 4) is 5.75 Å². The van der Waals surface area contributed by atoms with E-state index in [1.165, 1.54) is 17.3 Å². The quantitative estimate of drug-likeness (QED) is 0.522. The van der Waals surface area contributed by atoms with E-state index in [1.54, 1.807) is 6.92 Å². The molecule has 32 heavy (non-hydrogen) atoms. The molecule has 0 aliphatic carbocycles. The minimum Gasteiger partial charge on any atom is -0.486 e. The molecule has 2 aromatic rings. The third-order valence-corrected chi connectivity index (χ3v) is 8.19. The summed E-state index contributed by atoms with van der Waals surface area (Å²) in [4.78, 5) is 12.5. The fraction of sp³-hybridized carbons (Fsp3) is 0.591. The van der Waals surface area contributed by atoms with Crippen molar-refractivity contribution in [1.82, 2.24) is 20.1 Å². The second-order valence-corrected chi connectivity index (χ2v) is 12.1. The lowest BCUT2D eigenvalue weighted by Crippen LogP contribution is -2.47. The maximum absolute atomic E-state index is 12.5. The van der Waals surface area contributed by atoms with Gasteiger partial charge in [0, 0.05) is 6.54 Å². The van der Waals surface area contributed by atoms with E-state index >= 15 is 0 Å². The molecule has 10 heteroatoms. The molecular weight excluding hydrogens is 448 g/mol. The molecule has 0 radical (unpaired) electrons. The number of thioether (sulfide) groups is 1. The maximum atomic E-state index is 12.5. The van der Waals surface area contributed by atoms with E-state index in [9.17, 15) is 13.2 Å². The van der Waals surface area contributed by atoms with Crippen LogP contribution in [-0.2, 0) is 34.2 Å². The van der Waals surface area contributed by atoms with Gasteiger partial charge in [0.05, 0.1) is 22.8 Å². The lowest BCUT2D eigenvalue weighted by Gasteiger charge is -2.23. The van der Waals surface area contributed by atoms with Gasteiger partial charge in [-0.3, -0.25) is 4.79 Å². The van der Waals surface area contributed by atoms with Crippen molar-refractivity contribution in [3.05, 3.63) is 35.7 Å². The van der Waals surface area contributed by atoms with Crippen molar-refractivity contribution >= 4 is 27.5 Å². The van der Waals surface area contributed by atoms with Crippen molar-refractivity contribution < 1.29 is 17.9 Å². The predicted octanol–water partition coefficient (Wildman–Crippen LogP) is 2.86. The molecule has 1 aliphatic rings. The number of sulfone groups is 1. The first-order chi connectivity index (χ1) is 15.1. The second kappa shape index (κ2) is 10.2. The zero-order valence-electron chi connectivity index (χ0n) is 19.1. The van der Waals surface area contributed by atoms with Crippen LogP contribution in [0.25, 0.3) is 0 Å². The number of hydrogen-bond donors (Lipinski definition) is 1. The van der Waals surface area contributed by atoms with Gasteiger partial charge in [0.2, 0.25) is 5.91 Å². The highest BCUT2D eigenvalue weighted by Gasteiger charge is 2.39. The minimum absolute atomic E-state index is 0.0132. The van der Waals surface area contributed by atoms with E-state index in [0.717, 1.165) is 12.2 Å². The Morgan fingerprint density at radius 3 is 2.59 bits per heavy atom. The van der Waals surface area contributed by atoms with Crippen LogP contribution in [0.5, 0.6) is 5.75 Å². The molecule has 3 rings (SSSR count). The van der Waals surface area contributed by atoms with E-state index < -0.39 is 15.4 Å². The summed E-state index contributed by atoms with van der Waals surface area (Å²) in [6.45, 7) is 9.10. The number of carbonyl (C=O) groups excluding carboxylic acids is 1. The van der Waals surface area contributed by atoms with Crippen molar-refractivity contribution in [2.24, 2.45) is 5.92 Å². The average Bonchev–Trinajstić information content (AvgIpc) is 3.23. The first-order valence-corrected chi connectivity index (χ1v) is 13.7. The van der Waals surface area contributed by atoms with Crippen LogP contribution < -0.4 is 10.1 Å². The van der Waals surface area contributed by atoms with Crippen molar-refractivity contribution in [1.29, 1.82) is 0 Å². The van der Waals surface area contributed by atoms with Gasteiger partial charge in [-0.1, -0.05) is 44.7 Å². The fourth-order valence-corrected chi connectivity index (χ4v) is 6.52. The first kappa shape index (κ1) is 24.6. The summed E-state index contributed by atoms with van der Waals surface area (Å²) >= 11 is 1.30. The maximum Gasteiger partial charge on any atom is 0.230 e. The normalized spacial score (nSPS) is 19.9. The molecule has 1 aromatic carbocycles. The molecule has 1 unspecified atom stereocenters. The number of rotatable bonds is 10. The molecule has 2 heterocycles. The smallest absolute Gasteiger partial charge is 0.230 e. The Kier molecular flexibility index (Phi) is 7.87. The fourth-order valence-electron chi connectivity index (χ4n) is 3.66. The van der Waals surface area contributed by atoms with Gasteiger partial charge in [-0.2, -0.15) is 0 Å². The third-order valence-electron chi connectivity index (χ3n) is 5.32. The molecule has 0 spiro atoms. The Bertz CT molecular complexity index is 1030. The third kappa shape index (κ3) is 6.71. The molecule has 1 aromatic heterocycles. The monoisotopic (exact) mass is 480 g/mol. The molecule has 1 fully saturated rings. The summed E-state index contributed by atoms with van der Waals surface area (Å²) in [6.07, 6.45) is 1.42. The standard InChI is InChI=1S/C22H32N4O4S2/c1-5-17-6-8-18(9-7-17)30-13-19-24-25-21(26(19)12-16(2)3)31-14-20(27)23-22(4)10-11-32(28,29)15-22/h6-9,16H,5,10-15H2,1-4H3,(H,23,27). The molecule has 8 nitrogen and oxygen atoms in total. The molecule has 1 N–H and O–H groups in total. The SMILES string of the molecule is CCc1ccc(OCc2nnc(SCC(=O)NC3(C)CCS(=O)(=O)C3)n2CC(C)C)cc1. The minimum atomic E-state index is -3.08. The Labute approximate surface area is 194 Å². The number of ether oxygens (including phenoxy) is 1. The number of aryl methyl sites for hydroxylation is 1. The van der Waals surface area contributed by atoms with Crippen molar-refractivity contribution in [3.63, 3.8) is 0 Å². The van der Waals surface area contributed by atoms with Gasteiger partial charge in [-0.15, -0.1) is 10.2 Å². The molecule has 0 saturated carbocycles. The van der Waals surface area contributed by atoms with Gasteiger partial charge < -0.3 is 14.6 Å². The number of hydrogen-bond acceptors (Lipinski definition) is 7. The van der Waals surface area contributed by atoms with E-state index in [0.29, 0.717) is 29.9 Å². The van der Waals surface area contributed by atoms with Gasteiger partial charge in [-0.25, -0.2) is 8.42 Å². The largest absolute Gasteiger partial charge is 0.486 e. The second-order valence-electron chi connectivity index (χ2n) is 8.93. The average molecular weight is 481 g/mol. The molecule has 1 atom stereocenters.